The molecule has 1 fully saturated rings. The molecular weight excluding hydrogens is 208 g/mol. The molecule has 0 bridgehead atoms. The van der Waals surface area contributed by atoms with E-state index < -0.39 is 49.5 Å². The summed E-state index contributed by atoms with van der Waals surface area (Å²) < 4.78 is 4.95. The normalized spacial score (nSPS) is 41.5. The number of hydrogen-bond acceptors (Lipinski definition) is 6. The van der Waals surface area contributed by atoms with Gasteiger partial charge in [-0.1, -0.05) is 0 Å². The zero-order valence-electron chi connectivity index (χ0n) is 7.85. The van der Waals surface area contributed by atoms with Crippen LogP contribution < -0.4 is 0 Å². The molecule has 7 nitrogen and oxygen atoms in total. The standard InChI is InChI=1S/C8H14O7/c9-2-4-7(13)8(14)6(12)3(15-4)1-5(10)11/h3-4,6-9,12-14H,1-2H2,(H,10,11)/t3-,4+,6+,7+,8+/m0/s1. The molecule has 1 heterocycles. The average molecular weight is 222 g/mol. The van der Waals surface area contributed by atoms with Gasteiger partial charge >= 0.3 is 5.97 Å². The first-order valence-electron chi connectivity index (χ1n) is 4.49. The smallest absolute Gasteiger partial charge is 0.306 e. The van der Waals surface area contributed by atoms with Gasteiger partial charge in [0, 0.05) is 0 Å². The van der Waals surface area contributed by atoms with Crippen molar-refractivity contribution in [1.82, 2.24) is 0 Å². The monoisotopic (exact) mass is 222 g/mol. The number of aliphatic carboxylic acids is 1. The van der Waals surface area contributed by atoms with E-state index in [9.17, 15) is 20.1 Å². The van der Waals surface area contributed by atoms with E-state index in [-0.39, 0.29) is 0 Å². The first kappa shape index (κ1) is 12.3. The highest BCUT2D eigenvalue weighted by Gasteiger charge is 2.43. The minimum absolute atomic E-state index is 0.499. The predicted octanol–water partition coefficient (Wildman–Crippen LogP) is -2.70. The molecule has 0 amide bonds. The lowest BCUT2D eigenvalue weighted by Gasteiger charge is -2.39. The van der Waals surface area contributed by atoms with Gasteiger partial charge in [-0.2, -0.15) is 0 Å². The van der Waals surface area contributed by atoms with Crippen molar-refractivity contribution in [2.75, 3.05) is 6.61 Å². The fraction of sp³-hybridized carbons (Fsp3) is 0.875. The minimum atomic E-state index is -1.51. The summed E-state index contributed by atoms with van der Waals surface area (Å²) in [7, 11) is 0. The van der Waals surface area contributed by atoms with Crippen molar-refractivity contribution in [1.29, 1.82) is 0 Å². The van der Waals surface area contributed by atoms with Crippen LogP contribution in [0, 0.1) is 0 Å². The van der Waals surface area contributed by atoms with Gasteiger partial charge in [-0.05, 0) is 0 Å². The lowest BCUT2D eigenvalue weighted by atomic mass is 9.94. The van der Waals surface area contributed by atoms with Crippen molar-refractivity contribution in [2.45, 2.75) is 36.9 Å². The fourth-order valence-electron chi connectivity index (χ4n) is 1.52. The highest BCUT2D eigenvalue weighted by molar-refractivity contribution is 5.67. The summed E-state index contributed by atoms with van der Waals surface area (Å²) >= 11 is 0. The van der Waals surface area contributed by atoms with E-state index in [1.807, 2.05) is 0 Å². The van der Waals surface area contributed by atoms with Crippen LogP contribution >= 0.6 is 0 Å². The molecule has 0 unspecified atom stereocenters. The molecule has 5 N–H and O–H groups in total. The van der Waals surface area contributed by atoms with Gasteiger partial charge in [0.15, 0.2) is 0 Å². The van der Waals surface area contributed by atoms with E-state index >= 15 is 0 Å². The maximum atomic E-state index is 10.4. The van der Waals surface area contributed by atoms with E-state index in [0.717, 1.165) is 0 Å². The number of ether oxygens (including phenoxy) is 1. The maximum Gasteiger partial charge on any atom is 0.306 e. The first-order chi connectivity index (χ1) is 6.97. The summed E-state index contributed by atoms with van der Waals surface area (Å²) in [6, 6.07) is 0. The molecule has 0 radical (unpaired) electrons. The number of carboxylic acid groups (broad SMARTS) is 1. The summed E-state index contributed by atoms with van der Waals surface area (Å²) in [5, 5.41) is 45.3. The van der Waals surface area contributed by atoms with Gasteiger partial charge in [-0.15, -0.1) is 0 Å². The second-order valence-corrected chi connectivity index (χ2v) is 3.47. The van der Waals surface area contributed by atoms with E-state index in [0.29, 0.717) is 0 Å². The summed E-state index contributed by atoms with van der Waals surface area (Å²) in [6.07, 6.45) is -7.11. The first-order valence-corrected chi connectivity index (χ1v) is 4.49. The van der Waals surface area contributed by atoms with E-state index in [4.69, 9.17) is 14.9 Å². The third kappa shape index (κ3) is 2.64. The third-order valence-electron chi connectivity index (χ3n) is 2.37. The Hall–Kier alpha value is -0.730. The predicted molar refractivity (Wildman–Crippen MR) is 46.0 cm³/mol. The molecular formula is C8H14O7. The number of hydrogen-bond donors (Lipinski definition) is 5. The van der Waals surface area contributed by atoms with Crippen LogP contribution in [0.4, 0.5) is 0 Å². The van der Waals surface area contributed by atoms with E-state index in [1.54, 1.807) is 0 Å². The third-order valence-corrected chi connectivity index (χ3v) is 2.37. The second-order valence-electron chi connectivity index (χ2n) is 3.47. The molecule has 0 aromatic rings. The Bertz CT molecular complexity index is 229. The zero-order chi connectivity index (χ0) is 11.6. The largest absolute Gasteiger partial charge is 0.481 e. The van der Waals surface area contributed by atoms with Crippen LogP contribution in [0.25, 0.3) is 0 Å². The minimum Gasteiger partial charge on any atom is -0.481 e. The molecule has 1 aliphatic rings. The Balaban J connectivity index is 2.69. The molecule has 1 saturated heterocycles. The number of aliphatic hydroxyl groups excluding tert-OH is 4. The van der Waals surface area contributed by atoms with Crippen molar-refractivity contribution < 1.29 is 35.1 Å². The molecule has 0 saturated carbocycles. The highest BCUT2D eigenvalue weighted by Crippen LogP contribution is 2.22. The summed E-state index contributed by atoms with van der Waals surface area (Å²) in [6.45, 7) is -0.554. The molecule has 0 spiro atoms. The summed E-state index contributed by atoms with van der Waals surface area (Å²) in [5.41, 5.74) is 0. The van der Waals surface area contributed by atoms with Crippen LogP contribution in [-0.4, -0.2) is 68.6 Å². The van der Waals surface area contributed by atoms with Crippen molar-refractivity contribution >= 4 is 5.97 Å². The molecule has 88 valence electrons. The average Bonchev–Trinajstić information content (AvgIpc) is 2.18. The summed E-state index contributed by atoms with van der Waals surface area (Å²) in [5.74, 6) is -1.20. The molecule has 0 aliphatic carbocycles. The van der Waals surface area contributed by atoms with Crippen LogP contribution in [0.15, 0.2) is 0 Å². The Morgan fingerprint density at radius 3 is 2.07 bits per heavy atom. The molecule has 7 heteroatoms. The maximum absolute atomic E-state index is 10.4. The molecule has 1 rings (SSSR count). The van der Waals surface area contributed by atoms with Gasteiger partial charge in [0.25, 0.3) is 0 Å². The Kier molecular flexibility index (Phi) is 4.00. The van der Waals surface area contributed by atoms with Crippen LogP contribution in [0.3, 0.4) is 0 Å². The van der Waals surface area contributed by atoms with E-state index in [2.05, 4.69) is 0 Å². The molecule has 0 aromatic heterocycles. The van der Waals surface area contributed by atoms with Crippen molar-refractivity contribution in [3.8, 4) is 0 Å². The Labute approximate surface area is 85.5 Å². The van der Waals surface area contributed by atoms with Gasteiger partial charge in [0.2, 0.25) is 0 Å². The van der Waals surface area contributed by atoms with Gasteiger partial charge in [-0.25, -0.2) is 0 Å². The number of carboxylic acids is 1. The Morgan fingerprint density at radius 1 is 1.07 bits per heavy atom. The SMILES string of the molecule is O=C(O)C[C@@H]1O[C@H](CO)[C@@H](O)[C@H](O)[C@@H]1O. The second kappa shape index (κ2) is 4.86. The zero-order valence-corrected chi connectivity index (χ0v) is 7.85. The van der Waals surface area contributed by atoms with Crippen LogP contribution in [-0.2, 0) is 9.53 Å². The molecule has 5 atom stereocenters. The van der Waals surface area contributed by atoms with Gasteiger partial charge in [0.05, 0.1) is 19.1 Å². The molecule has 15 heavy (non-hydrogen) atoms. The van der Waals surface area contributed by atoms with Crippen molar-refractivity contribution in [3.05, 3.63) is 0 Å². The molecule has 0 aromatic carbocycles. The fourth-order valence-corrected chi connectivity index (χ4v) is 1.52. The number of carbonyl (C=O) groups is 1. The topological polar surface area (TPSA) is 127 Å². The van der Waals surface area contributed by atoms with Gasteiger partial charge < -0.3 is 30.3 Å². The van der Waals surface area contributed by atoms with Crippen molar-refractivity contribution in [3.63, 3.8) is 0 Å². The number of aliphatic hydroxyl groups is 4. The van der Waals surface area contributed by atoms with Crippen LogP contribution in [0.2, 0.25) is 0 Å². The van der Waals surface area contributed by atoms with Crippen molar-refractivity contribution in [2.24, 2.45) is 0 Å². The lowest BCUT2D eigenvalue weighted by Crippen LogP contribution is -2.58. The van der Waals surface area contributed by atoms with Crippen LogP contribution in [0.1, 0.15) is 6.42 Å². The highest BCUT2D eigenvalue weighted by atomic mass is 16.5. The van der Waals surface area contributed by atoms with E-state index in [1.165, 1.54) is 0 Å². The molecule has 1 aliphatic heterocycles. The van der Waals surface area contributed by atoms with Gasteiger partial charge in [0.1, 0.15) is 24.4 Å². The summed E-state index contributed by atoms with van der Waals surface area (Å²) in [4.78, 5) is 10.4. The lowest BCUT2D eigenvalue weighted by molar-refractivity contribution is -0.231. The van der Waals surface area contributed by atoms with Gasteiger partial charge in [-0.3, -0.25) is 4.79 Å². The number of rotatable bonds is 3. The van der Waals surface area contributed by atoms with Crippen LogP contribution in [0.5, 0.6) is 0 Å². The Morgan fingerprint density at radius 2 is 1.60 bits per heavy atom. The quantitative estimate of drug-likeness (QED) is 0.351.